The van der Waals surface area contributed by atoms with E-state index < -0.39 is 5.97 Å². The number of rotatable bonds is 2. The number of aromatic carboxylic acids is 1. The molecule has 1 aliphatic rings. The van der Waals surface area contributed by atoms with E-state index >= 15 is 0 Å². The van der Waals surface area contributed by atoms with Crippen LogP contribution in [0, 0.1) is 0 Å². The molecule has 2 rings (SSSR count). The van der Waals surface area contributed by atoms with Gasteiger partial charge in [0.25, 0.3) is 0 Å². The van der Waals surface area contributed by atoms with Crippen LogP contribution in [0.1, 0.15) is 28.4 Å². The van der Waals surface area contributed by atoms with Crippen LogP contribution >= 0.6 is 0 Å². The minimum absolute atomic E-state index is 0.193. The van der Waals surface area contributed by atoms with E-state index in [1.165, 1.54) is 12.1 Å². The number of benzene rings is 1. The van der Waals surface area contributed by atoms with Crippen molar-refractivity contribution in [2.24, 2.45) is 0 Å². The zero-order chi connectivity index (χ0) is 10.7. The molecule has 0 bridgehead atoms. The SMILES string of the molecule is O=C(O)c1ccc(C2CCOOO2)cc1. The molecule has 1 atom stereocenters. The fourth-order valence-corrected chi connectivity index (χ4v) is 1.38. The first-order valence-corrected chi connectivity index (χ1v) is 4.55. The molecule has 1 N–H and O–H groups in total. The first-order chi connectivity index (χ1) is 7.27. The number of carbonyl (C=O) groups is 1. The minimum atomic E-state index is -0.939. The van der Waals surface area contributed by atoms with Crippen molar-refractivity contribution >= 4 is 5.97 Å². The molecule has 1 unspecified atom stereocenters. The highest BCUT2D eigenvalue weighted by Gasteiger charge is 2.18. The molecule has 0 amide bonds. The van der Waals surface area contributed by atoms with E-state index in [4.69, 9.17) is 9.99 Å². The maximum absolute atomic E-state index is 10.6. The van der Waals surface area contributed by atoms with Gasteiger partial charge in [-0.2, -0.15) is 4.89 Å². The third-order valence-corrected chi connectivity index (χ3v) is 2.20. The topological polar surface area (TPSA) is 65.0 Å². The Morgan fingerprint density at radius 1 is 1.33 bits per heavy atom. The van der Waals surface area contributed by atoms with Crippen LogP contribution in [-0.4, -0.2) is 17.7 Å². The number of hydrogen-bond acceptors (Lipinski definition) is 4. The number of carboxylic acid groups (broad SMARTS) is 1. The van der Waals surface area contributed by atoms with Crippen molar-refractivity contribution in [3.8, 4) is 0 Å². The highest BCUT2D eigenvalue weighted by molar-refractivity contribution is 5.87. The molecular formula is C10H10O5. The standard InChI is InChI=1S/C10H10O5/c11-10(12)8-3-1-7(2-4-8)9-5-6-13-15-14-9/h1-4,9H,5-6H2,(H,11,12). The monoisotopic (exact) mass is 210 g/mol. The summed E-state index contributed by atoms with van der Waals surface area (Å²) < 4.78 is 0. The van der Waals surface area contributed by atoms with Crippen LogP contribution in [0.3, 0.4) is 0 Å². The molecule has 0 radical (unpaired) electrons. The first-order valence-electron chi connectivity index (χ1n) is 4.55. The maximum atomic E-state index is 10.6. The molecule has 0 saturated carbocycles. The molecule has 1 heterocycles. The predicted octanol–water partition coefficient (Wildman–Crippen LogP) is 1.71. The van der Waals surface area contributed by atoms with Crippen LogP contribution in [0.15, 0.2) is 24.3 Å². The average Bonchev–Trinajstić information content (AvgIpc) is 2.30. The van der Waals surface area contributed by atoms with Gasteiger partial charge >= 0.3 is 5.97 Å². The van der Waals surface area contributed by atoms with Crippen LogP contribution in [0.5, 0.6) is 0 Å². The summed E-state index contributed by atoms with van der Waals surface area (Å²) in [5.41, 5.74) is 1.13. The Hall–Kier alpha value is -1.43. The zero-order valence-corrected chi connectivity index (χ0v) is 7.88. The second-order valence-electron chi connectivity index (χ2n) is 3.19. The summed E-state index contributed by atoms with van der Waals surface area (Å²) in [5, 5.41) is 13.1. The Morgan fingerprint density at radius 2 is 2.07 bits per heavy atom. The molecular weight excluding hydrogens is 200 g/mol. The average molecular weight is 210 g/mol. The van der Waals surface area contributed by atoms with E-state index in [-0.39, 0.29) is 11.7 Å². The molecule has 1 aromatic carbocycles. The van der Waals surface area contributed by atoms with E-state index in [9.17, 15) is 4.79 Å². The minimum Gasteiger partial charge on any atom is -0.478 e. The maximum Gasteiger partial charge on any atom is 0.335 e. The van der Waals surface area contributed by atoms with Crippen LogP contribution in [0.25, 0.3) is 0 Å². The fraction of sp³-hybridized carbons (Fsp3) is 0.300. The molecule has 0 aromatic heterocycles. The normalized spacial score (nSPS) is 21.2. The van der Waals surface area contributed by atoms with Gasteiger partial charge in [0.15, 0.2) is 0 Å². The molecule has 1 aliphatic heterocycles. The van der Waals surface area contributed by atoms with E-state index in [0.29, 0.717) is 13.0 Å². The summed E-state index contributed by atoms with van der Waals surface area (Å²) >= 11 is 0. The Labute approximate surface area is 86.0 Å². The van der Waals surface area contributed by atoms with E-state index in [2.05, 4.69) is 9.93 Å². The van der Waals surface area contributed by atoms with Gasteiger partial charge < -0.3 is 5.11 Å². The third kappa shape index (κ3) is 2.33. The van der Waals surface area contributed by atoms with Gasteiger partial charge in [0.2, 0.25) is 0 Å². The van der Waals surface area contributed by atoms with Gasteiger partial charge in [-0.05, 0) is 17.7 Å². The van der Waals surface area contributed by atoms with E-state index in [1.807, 2.05) is 0 Å². The van der Waals surface area contributed by atoms with Crippen molar-refractivity contribution in [3.63, 3.8) is 0 Å². The van der Waals surface area contributed by atoms with Gasteiger partial charge in [0.05, 0.1) is 12.2 Å². The fourth-order valence-electron chi connectivity index (χ4n) is 1.38. The predicted molar refractivity (Wildman–Crippen MR) is 48.9 cm³/mol. The summed E-state index contributed by atoms with van der Waals surface area (Å²) in [6.45, 7) is 0.464. The Morgan fingerprint density at radius 3 is 2.60 bits per heavy atom. The number of carboxylic acids is 1. The van der Waals surface area contributed by atoms with E-state index in [0.717, 1.165) is 5.56 Å². The van der Waals surface area contributed by atoms with Gasteiger partial charge in [0.1, 0.15) is 6.10 Å². The van der Waals surface area contributed by atoms with Crippen molar-refractivity contribution in [2.45, 2.75) is 12.5 Å². The second kappa shape index (κ2) is 4.39. The van der Waals surface area contributed by atoms with Crippen molar-refractivity contribution in [2.75, 3.05) is 6.61 Å². The van der Waals surface area contributed by atoms with Gasteiger partial charge in [0, 0.05) is 6.42 Å². The van der Waals surface area contributed by atoms with Crippen LogP contribution in [0.2, 0.25) is 0 Å². The summed E-state index contributed by atoms with van der Waals surface area (Å²) in [6.07, 6.45) is 0.494. The summed E-state index contributed by atoms with van der Waals surface area (Å²) in [4.78, 5) is 20.1. The second-order valence-corrected chi connectivity index (χ2v) is 3.19. The molecule has 5 nitrogen and oxygen atoms in total. The van der Waals surface area contributed by atoms with Gasteiger partial charge in [-0.1, -0.05) is 17.2 Å². The largest absolute Gasteiger partial charge is 0.478 e. The lowest BCUT2D eigenvalue weighted by atomic mass is 10.0. The van der Waals surface area contributed by atoms with E-state index in [1.54, 1.807) is 12.1 Å². The molecule has 5 heteroatoms. The quantitative estimate of drug-likeness (QED) is 0.752. The van der Waals surface area contributed by atoms with Crippen LogP contribution < -0.4 is 0 Å². The smallest absolute Gasteiger partial charge is 0.335 e. The lowest BCUT2D eigenvalue weighted by molar-refractivity contribution is -0.551. The molecule has 1 saturated heterocycles. The Balaban J connectivity index is 2.11. The molecule has 15 heavy (non-hydrogen) atoms. The van der Waals surface area contributed by atoms with Gasteiger partial charge in [-0.3, -0.25) is 0 Å². The van der Waals surface area contributed by atoms with Crippen molar-refractivity contribution in [3.05, 3.63) is 35.4 Å². The van der Waals surface area contributed by atoms with Crippen molar-refractivity contribution in [1.29, 1.82) is 0 Å². The Kier molecular flexibility index (Phi) is 2.96. The Bertz CT molecular complexity index is 339. The highest BCUT2D eigenvalue weighted by Crippen LogP contribution is 2.24. The molecule has 1 fully saturated rings. The van der Waals surface area contributed by atoms with Gasteiger partial charge in [-0.25, -0.2) is 9.68 Å². The summed E-state index contributed by atoms with van der Waals surface area (Å²) in [6, 6.07) is 6.50. The third-order valence-electron chi connectivity index (χ3n) is 2.20. The van der Waals surface area contributed by atoms with Gasteiger partial charge in [-0.15, -0.1) is 0 Å². The highest BCUT2D eigenvalue weighted by atomic mass is 17.5. The molecule has 0 spiro atoms. The van der Waals surface area contributed by atoms with Crippen LogP contribution in [0.4, 0.5) is 0 Å². The lowest BCUT2D eigenvalue weighted by Crippen LogP contribution is -2.15. The molecule has 1 aromatic rings. The summed E-state index contributed by atoms with van der Waals surface area (Å²) in [7, 11) is 0. The van der Waals surface area contributed by atoms with Crippen LogP contribution in [-0.2, 0) is 14.8 Å². The zero-order valence-electron chi connectivity index (χ0n) is 7.88. The number of hydrogen-bond donors (Lipinski definition) is 1. The molecule has 80 valence electrons. The first kappa shape index (κ1) is 10.1. The lowest BCUT2D eigenvalue weighted by Gasteiger charge is -2.20. The summed E-state index contributed by atoms with van der Waals surface area (Å²) in [5.74, 6) is -0.939. The molecule has 0 aliphatic carbocycles. The van der Waals surface area contributed by atoms with Crippen molar-refractivity contribution < 1.29 is 24.7 Å². The van der Waals surface area contributed by atoms with Crippen molar-refractivity contribution in [1.82, 2.24) is 0 Å².